The smallest absolute Gasteiger partial charge is 0.331 e. The van der Waals surface area contributed by atoms with Gasteiger partial charge in [0.05, 0.1) is 12.7 Å². The molecule has 1 aliphatic rings. The summed E-state index contributed by atoms with van der Waals surface area (Å²) in [4.78, 5) is 24.6. The first-order chi connectivity index (χ1) is 16.5. The van der Waals surface area contributed by atoms with E-state index >= 15 is 0 Å². The summed E-state index contributed by atoms with van der Waals surface area (Å²) in [5.74, 6) is -3.47. The Morgan fingerprint density at radius 3 is 1.80 bits per heavy atom. The standard InChI is InChI=1S/C24H24O11/c25-12-24(33)11-19(30)22(34-20(31)7-3-13-1-5-15(26)17(28)9-13)23(24)35-21(32)8-4-14-2-6-16(27)18(29)10-14/h1-10,19,22-23,25-30,33H,11-12H2/b7-3+,8-4+/t19-,22-,23-,24-/m1/s1. The van der Waals surface area contributed by atoms with E-state index in [1.165, 1.54) is 48.6 Å². The van der Waals surface area contributed by atoms with Gasteiger partial charge in [-0.3, -0.25) is 0 Å². The predicted molar refractivity (Wildman–Crippen MR) is 120 cm³/mol. The lowest BCUT2D eigenvalue weighted by molar-refractivity contribution is -0.180. The molecule has 0 radical (unpaired) electrons. The second kappa shape index (κ2) is 10.5. The summed E-state index contributed by atoms with van der Waals surface area (Å²) >= 11 is 0. The van der Waals surface area contributed by atoms with E-state index in [9.17, 15) is 45.3 Å². The molecule has 2 aromatic carbocycles. The van der Waals surface area contributed by atoms with Gasteiger partial charge in [0.1, 0.15) is 5.60 Å². The molecule has 0 aromatic heterocycles. The first-order valence-corrected chi connectivity index (χ1v) is 10.3. The minimum atomic E-state index is -2.09. The van der Waals surface area contributed by atoms with E-state index in [4.69, 9.17) is 9.47 Å². The van der Waals surface area contributed by atoms with Crippen LogP contribution in [0.5, 0.6) is 23.0 Å². The topological polar surface area (TPSA) is 194 Å². The number of carbonyl (C=O) groups excluding carboxylic acids is 2. The number of aliphatic hydroxyl groups excluding tert-OH is 2. The van der Waals surface area contributed by atoms with Crippen molar-refractivity contribution in [3.05, 3.63) is 59.7 Å². The zero-order valence-electron chi connectivity index (χ0n) is 18.2. The lowest BCUT2D eigenvalue weighted by atomic mass is 10.0. The van der Waals surface area contributed by atoms with Gasteiger partial charge in [0, 0.05) is 18.6 Å². The van der Waals surface area contributed by atoms with Gasteiger partial charge in [-0.05, 0) is 47.5 Å². The van der Waals surface area contributed by atoms with Crippen molar-refractivity contribution in [2.75, 3.05) is 6.61 Å². The van der Waals surface area contributed by atoms with Gasteiger partial charge in [-0.15, -0.1) is 0 Å². The molecular weight excluding hydrogens is 464 g/mol. The van der Waals surface area contributed by atoms with E-state index in [0.29, 0.717) is 11.1 Å². The highest BCUT2D eigenvalue weighted by Crippen LogP contribution is 2.35. The molecule has 11 heteroatoms. The van der Waals surface area contributed by atoms with Crippen molar-refractivity contribution < 1.29 is 54.8 Å². The van der Waals surface area contributed by atoms with Gasteiger partial charge in [0.2, 0.25) is 0 Å². The van der Waals surface area contributed by atoms with Crippen LogP contribution in [0.15, 0.2) is 48.6 Å². The summed E-state index contributed by atoms with van der Waals surface area (Å²) in [7, 11) is 0. The summed E-state index contributed by atoms with van der Waals surface area (Å²) in [6.45, 7) is -0.895. The molecule has 7 N–H and O–H groups in total. The number of aromatic hydroxyl groups is 4. The van der Waals surface area contributed by atoms with Crippen molar-refractivity contribution in [3.63, 3.8) is 0 Å². The predicted octanol–water partition coefficient (Wildman–Crippen LogP) is 0.547. The molecule has 11 nitrogen and oxygen atoms in total. The quantitative estimate of drug-likeness (QED) is 0.163. The first kappa shape index (κ1) is 25.6. The minimum Gasteiger partial charge on any atom is -0.504 e. The van der Waals surface area contributed by atoms with Gasteiger partial charge >= 0.3 is 11.9 Å². The number of esters is 2. The molecule has 0 bridgehead atoms. The van der Waals surface area contributed by atoms with Gasteiger partial charge in [0.15, 0.2) is 35.2 Å². The maximum Gasteiger partial charge on any atom is 0.331 e. The number of hydrogen-bond donors (Lipinski definition) is 7. The fraction of sp³-hybridized carbons (Fsp3) is 0.250. The summed E-state index contributed by atoms with van der Waals surface area (Å²) < 4.78 is 10.4. The number of phenolic OH excluding ortho intramolecular Hbond substituents is 4. The highest BCUT2D eigenvalue weighted by Gasteiger charge is 2.56. The minimum absolute atomic E-state index is 0.342. The van der Waals surface area contributed by atoms with Crippen molar-refractivity contribution in [1.29, 1.82) is 0 Å². The molecule has 0 amide bonds. The Bertz CT molecular complexity index is 1160. The average molecular weight is 488 g/mol. The summed E-state index contributed by atoms with van der Waals surface area (Å²) in [6.07, 6.45) is -0.590. The van der Waals surface area contributed by atoms with E-state index < -0.39 is 60.4 Å². The Labute approximate surface area is 199 Å². The maximum atomic E-state index is 12.3. The van der Waals surface area contributed by atoms with Crippen LogP contribution in [-0.4, -0.2) is 78.2 Å². The van der Waals surface area contributed by atoms with Crippen LogP contribution in [0.1, 0.15) is 17.5 Å². The number of aliphatic hydroxyl groups is 3. The molecule has 4 atom stereocenters. The largest absolute Gasteiger partial charge is 0.504 e. The molecule has 0 heterocycles. The highest BCUT2D eigenvalue weighted by atomic mass is 16.6. The van der Waals surface area contributed by atoms with Crippen molar-refractivity contribution in [2.24, 2.45) is 0 Å². The van der Waals surface area contributed by atoms with Gasteiger partial charge in [-0.25, -0.2) is 9.59 Å². The first-order valence-electron chi connectivity index (χ1n) is 10.3. The number of hydrogen-bond acceptors (Lipinski definition) is 11. The van der Waals surface area contributed by atoms with Gasteiger partial charge in [-0.1, -0.05) is 12.1 Å². The fourth-order valence-corrected chi connectivity index (χ4v) is 3.53. The third kappa shape index (κ3) is 6.09. The third-order valence-electron chi connectivity index (χ3n) is 5.36. The molecule has 186 valence electrons. The molecule has 0 aliphatic heterocycles. The molecule has 35 heavy (non-hydrogen) atoms. The number of phenols is 4. The van der Waals surface area contributed by atoms with E-state index in [2.05, 4.69) is 0 Å². The van der Waals surface area contributed by atoms with Crippen LogP contribution in [-0.2, 0) is 19.1 Å². The monoisotopic (exact) mass is 488 g/mol. The Balaban J connectivity index is 1.71. The van der Waals surface area contributed by atoms with Crippen molar-refractivity contribution in [3.8, 4) is 23.0 Å². The van der Waals surface area contributed by atoms with Gasteiger partial charge < -0.3 is 45.2 Å². The van der Waals surface area contributed by atoms with Crippen LogP contribution >= 0.6 is 0 Å². The lowest BCUT2D eigenvalue weighted by Gasteiger charge is -2.29. The van der Waals surface area contributed by atoms with E-state index in [1.807, 2.05) is 0 Å². The van der Waals surface area contributed by atoms with Gasteiger partial charge in [0.25, 0.3) is 0 Å². The molecule has 3 rings (SSSR count). The van der Waals surface area contributed by atoms with Crippen LogP contribution in [0.2, 0.25) is 0 Å². The van der Waals surface area contributed by atoms with Gasteiger partial charge in [-0.2, -0.15) is 0 Å². The molecule has 0 spiro atoms. The third-order valence-corrected chi connectivity index (χ3v) is 5.36. The molecule has 1 aliphatic carbocycles. The number of benzene rings is 2. The van der Waals surface area contributed by atoms with Crippen molar-refractivity contribution in [2.45, 2.75) is 30.3 Å². The molecule has 2 aromatic rings. The SMILES string of the molecule is O=C(/C=C/c1ccc(O)c(O)c1)O[C@@H]1[C@H](O)C[C@@](O)(CO)[C@@H]1OC(=O)/C=C/c1ccc(O)c(O)c1. The number of rotatable bonds is 7. The fourth-order valence-electron chi connectivity index (χ4n) is 3.53. The van der Waals surface area contributed by atoms with E-state index in [1.54, 1.807) is 0 Å². The molecule has 1 saturated carbocycles. The Kier molecular flexibility index (Phi) is 7.65. The zero-order valence-corrected chi connectivity index (χ0v) is 18.2. The molecule has 1 fully saturated rings. The average Bonchev–Trinajstić information content (AvgIpc) is 3.05. The van der Waals surface area contributed by atoms with Crippen LogP contribution in [0.4, 0.5) is 0 Å². The van der Waals surface area contributed by atoms with E-state index in [0.717, 1.165) is 12.2 Å². The summed E-state index contributed by atoms with van der Waals surface area (Å²) in [5, 5.41) is 68.3. The zero-order chi connectivity index (χ0) is 25.8. The second-order valence-corrected chi connectivity index (χ2v) is 7.96. The Morgan fingerprint density at radius 2 is 1.34 bits per heavy atom. The van der Waals surface area contributed by atoms with Crippen LogP contribution in [0, 0.1) is 0 Å². The maximum absolute atomic E-state index is 12.3. The van der Waals surface area contributed by atoms with Crippen LogP contribution in [0.25, 0.3) is 12.2 Å². The van der Waals surface area contributed by atoms with Crippen LogP contribution in [0.3, 0.4) is 0 Å². The molecule has 0 saturated heterocycles. The normalized spacial score (nSPS) is 24.1. The van der Waals surface area contributed by atoms with Crippen LogP contribution < -0.4 is 0 Å². The molecule has 0 unspecified atom stereocenters. The number of ether oxygens (including phenoxy) is 2. The summed E-state index contributed by atoms with van der Waals surface area (Å²) in [5.41, 5.74) is -1.39. The lowest BCUT2D eigenvalue weighted by Crippen LogP contribution is -2.49. The van der Waals surface area contributed by atoms with E-state index in [-0.39, 0.29) is 11.5 Å². The summed E-state index contributed by atoms with van der Waals surface area (Å²) in [6, 6.07) is 7.63. The molecular formula is C24H24O11. The van der Waals surface area contributed by atoms with Crippen molar-refractivity contribution >= 4 is 24.1 Å². The second-order valence-electron chi connectivity index (χ2n) is 7.96. The highest BCUT2D eigenvalue weighted by molar-refractivity contribution is 5.88. The van der Waals surface area contributed by atoms with Crippen molar-refractivity contribution in [1.82, 2.24) is 0 Å². The Hall–Kier alpha value is -4.06. The number of carbonyl (C=O) groups is 2. The Morgan fingerprint density at radius 1 is 0.857 bits per heavy atom.